The smallest absolute Gasteiger partial charge is 0.150 e. The van der Waals surface area contributed by atoms with Gasteiger partial charge >= 0.3 is 0 Å². The van der Waals surface area contributed by atoms with Gasteiger partial charge < -0.3 is 10.3 Å². The third-order valence-electron chi connectivity index (χ3n) is 3.34. The van der Waals surface area contributed by atoms with Crippen LogP contribution in [-0.4, -0.2) is 11.4 Å². The molecule has 1 heterocycles. The quantitative estimate of drug-likeness (QED) is 0.743. The maximum absolute atomic E-state index is 11.1. The van der Waals surface area contributed by atoms with E-state index >= 15 is 0 Å². The Morgan fingerprint density at radius 2 is 1.76 bits per heavy atom. The molecule has 3 aromatic rings. The van der Waals surface area contributed by atoms with Gasteiger partial charge in [0.05, 0.1) is 6.54 Å². The minimum absolute atomic E-state index is 0.331. The van der Waals surface area contributed by atoms with Crippen LogP contribution in [0.4, 0.5) is 0 Å². The third kappa shape index (κ3) is 2.61. The van der Waals surface area contributed by atoms with Gasteiger partial charge in [0.2, 0.25) is 0 Å². The highest BCUT2D eigenvalue weighted by Gasteiger charge is 2.07. The molecule has 4 heteroatoms. The minimum atomic E-state index is 0.331. The van der Waals surface area contributed by atoms with E-state index in [0.29, 0.717) is 17.9 Å². The zero-order chi connectivity index (χ0) is 14.7. The molecule has 0 unspecified atom stereocenters. The fourth-order valence-electron chi connectivity index (χ4n) is 2.23. The molecule has 104 valence electrons. The summed E-state index contributed by atoms with van der Waals surface area (Å²) < 4.78 is 5.10. The number of hydrogen-bond donors (Lipinski definition) is 1. The second-order valence-corrected chi connectivity index (χ2v) is 4.67. The standard InChI is InChI=1S/C17H14N2O2/c18-10-15-9-17(19-21-15)13-7-5-12(6-8-13)16-4-2-1-3-14(16)11-20/h1-9,11H,10,18H2. The topological polar surface area (TPSA) is 69.1 Å². The van der Waals surface area contributed by atoms with E-state index in [2.05, 4.69) is 5.16 Å². The molecule has 1 aromatic heterocycles. The van der Waals surface area contributed by atoms with Crippen molar-refractivity contribution in [3.05, 3.63) is 65.9 Å². The Kier molecular flexibility index (Phi) is 3.62. The van der Waals surface area contributed by atoms with Crippen LogP contribution in [-0.2, 0) is 6.54 Å². The molecule has 0 spiro atoms. The lowest BCUT2D eigenvalue weighted by molar-refractivity contribution is 0.112. The average Bonchev–Trinajstić information content (AvgIpc) is 3.04. The predicted molar refractivity (Wildman–Crippen MR) is 80.7 cm³/mol. The van der Waals surface area contributed by atoms with E-state index in [1.165, 1.54) is 0 Å². The van der Waals surface area contributed by atoms with E-state index in [1.807, 2.05) is 48.5 Å². The van der Waals surface area contributed by atoms with Crippen LogP contribution in [0.2, 0.25) is 0 Å². The SMILES string of the molecule is NCc1cc(-c2ccc(-c3ccccc3C=O)cc2)no1. The van der Waals surface area contributed by atoms with Crippen LogP contribution in [0.3, 0.4) is 0 Å². The second-order valence-electron chi connectivity index (χ2n) is 4.67. The monoisotopic (exact) mass is 278 g/mol. The van der Waals surface area contributed by atoms with Crippen molar-refractivity contribution in [3.63, 3.8) is 0 Å². The van der Waals surface area contributed by atoms with Crippen LogP contribution >= 0.6 is 0 Å². The molecule has 0 saturated carbocycles. The van der Waals surface area contributed by atoms with Crippen LogP contribution < -0.4 is 5.73 Å². The van der Waals surface area contributed by atoms with E-state index < -0.39 is 0 Å². The molecule has 4 nitrogen and oxygen atoms in total. The molecule has 21 heavy (non-hydrogen) atoms. The molecule has 0 radical (unpaired) electrons. The number of benzene rings is 2. The Balaban J connectivity index is 1.95. The Morgan fingerprint density at radius 1 is 1.05 bits per heavy atom. The van der Waals surface area contributed by atoms with Crippen molar-refractivity contribution in [2.24, 2.45) is 5.73 Å². The maximum Gasteiger partial charge on any atom is 0.150 e. The van der Waals surface area contributed by atoms with Crippen LogP contribution in [0.5, 0.6) is 0 Å². The first kappa shape index (κ1) is 13.3. The van der Waals surface area contributed by atoms with Gasteiger partial charge in [-0.05, 0) is 11.1 Å². The van der Waals surface area contributed by atoms with Crippen molar-refractivity contribution in [1.29, 1.82) is 0 Å². The zero-order valence-electron chi connectivity index (χ0n) is 11.3. The first-order valence-electron chi connectivity index (χ1n) is 6.62. The van der Waals surface area contributed by atoms with Crippen molar-refractivity contribution < 1.29 is 9.32 Å². The number of rotatable bonds is 4. The summed E-state index contributed by atoms with van der Waals surface area (Å²) >= 11 is 0. The van der Waals surface area contributed by atoms with Crippen LogP contribution in [0.1, 0.15) is 16.1 Å². The number of carbonyl (C=O) groups is 1. The van der Waals surface area contributed by atoms with Crippen LogP contribution in [0.15, 0.2) is 59.1 Å². The fraction of sp³-hybridized carbons (Fsp3) is 0.0588. The van der Waals surface area contributed by atoms with Gasteiger partial charge in [-0.25, -0.2) is 0 Å². The van der Waals surface area contributed by atoms with E-state index in [4.69, 9.17) is 10.3 Å². The highest BCUT2D eigenvalue weighted by Crippen LogP contribution is 2.26. The molecular formula is C17H14N2O2. The first-order valence-corrected chi connectivity index (χ1v) is 6.62. The molecule has 0 amide bonds. The van der Waals surface area contributed by atoms with Gasteiger partial charge in [-0.2, -0.15) is 0 Å². The van der Waals surface area contributed by atoms with Gasteiger partial charge in [0.25, 0.3) is 0 Å². The van der Waals surface area contributed by atoms with Crippen LogP contribution in [0.25, 0.3) is 22.4 Å². The van der Waals surface area contributed by atoms with Gasteiger partial charge in [-0.15, -0.1) is 0 Å². The molecule has 0 aliphatic carbocycles. The van der Waals surface area contributed by atoms with E-state index in [1.54, 1.807) is 6.07 Å². The summed E-state index contributed by atoms with van der Waals surface area (Å²) in [7, 11) is 0. The van der Waals surface area contributed by atoms with E-state index in [9.17, 15) is 4.79 Å². The highest BCUT2D eigenvalue weighted by molar-refractivity contribution is 5.87. The largest absolute Gasteiger partial charge is 0.359 e. The average molecular weight is 278 g/mol. The lowest BCUT2D eigenvalue weighted by atomic mass is 9.99. The molecule has 0 fully saturated rings. The predicted octanol–water partition coefficient (Wildman–Crippen LogP) is 3.28. The molecule has 0 aliphatic heterocycles. The number of aromatic nitrogens is 1. The molecule has 0 aliphatic rings. The number of hydrogen-bond acceptors (Lipinski definition) is 4. The number of aldehydes is 1. The van der Waals surface area contributed by atoms with E-state index in [-0.39, 0.29) is 0 Å². The maximum atomic E-state index is 11.1. The summed E-state index contributed by atoms with van der Waals surface area (Å²) in [4.78, 5) is 11.1. The molecule has 0 bridgehead atoms. The lowest BCUT2D eigenvalue weighted by Gasteiger charge is -2.05. The normalized spacial score (nSPS) is 10.5. The van der Waals surface area contributed by atoms with Crippen molar-refractivity contribution in [3.8, 4) is 22.4 Å². The molecule has 0 atom stereocenters. The fourth-order valence-corrected chi connectivity index (χ4v) is 2.23. The van der Waals surface area contributed by atoms with Crippen LogP contribution in [0, 0.1) is 0 Å². The Bertz CT molecular complexity index is 760. The third-order valence-corrected chi connectivity index (χ3v) is 3.34. The molecular weight excluding hydrogens is 264 g/mol. The summed E-state index contributed by atoms with van der Waals surface area (Å²) in [6.07, 6.45) is 0.869. The second kappa shape index (κ2) is 5.73. The minimum Gasteiger partial charge on any atom is -0.359 e. The number of carbonyl (C=O) groups excluding carboxylic acids is 1. The highest BCUT2D eigenvalue weighted by atomic mass is 16.5. The molecule has 3 rings (SSSR count). The molecule has 2 N–H and O–H groups in total. The van der Waals surface area contributed by atoms with Crippen molar-refractivity contribution in [2.45, 2.75) is 6.54 Å². The Labute approximate surface area is 122 Å². The van der Waals surface area contributed by atoms with Gasteiger partial charge in [0.1, 0.15) is 5.69 Å². The Hall–Kier alpha value is -2.72. The van der Waals surface area contributed by atoms with Gasteiger partial charge in [0, 0.05) is 17.2 Å². The number of nitrogens with zero attached hydrogens (tertiary/aromatic N) is 1. The zero-order valence-corrected chi connectivity index (χ0v) is 11.3. The van der Waals surface area contributed by atoms with Crippen molar-refractivity contribution >= 4 is 6.29 Å². The number of nitrogens with two attached hydrogens (primary N) is 1. The van der Waals surface area contributed by atoms with E-state index in [0.717, 1.165) is 28.7 Å². The van der Waals surface area contributed by atoms with Crippen molar-refractivity contribution in [1.82, 2.24) is 5.16 Å². The Morgan fingerprint density at radius 3 is 2.43 bits per heavy atom. The van der Waals surface area contributed by atoms with Gasteiger partial charge in [-0.3, -0.25) is 4.79 Å². The molecule has 2 aromatic carbocycles. The summed E-state index contributed by atoms with van der Waals surface area (Å²) in [6, 6.07) is 17.2. The van der Waals surface area contributed by atoms with Crippen molar-refractivity contribution in [2.75, 3.05) is 0 Å². The van der Waals surface area contributed by atoms with Gasteiger partial charge in [-0.1, -0.05) is 53.7 Å². The van der Waals surface area contributed by atoms with Gasteiger partial charge in [0.15, 0.2) is 12.0 Å². The molecule has 0 saturated heterocycles. The summed E-state index contributed by atoms with van der Waals surface area (Å²) in [5.41, 5.74) is 9.80. The first-order chi connectivity index (χ1) is 10.3. The summed E-state index contributed by atoms with van der Waals surface area (Å²) in [5, 5.41) is 3.98. The summed E-state index contributed by atoms with van der Waals surface area (Å²) in [6.45, 7) is 0.331. The summed E-state index contributed by atoms with van der Waals surface area (Å²) in [5.74, 6) is 0.653. The lowest BCUT2D eigenvalue weighted by Crippen LogP contribution is -1.92.